The normalized spacial score (nSPS) is 11.1. The van der Waals surface area contributed by atoms with Crippen molar-refractivity contribution in [3.63, 3.8) is 0 Å². The van der Waals surface area contributed by atoms with E-state index in [-0.39, 0.29) is 26.8 Å². The van der Waals surface area contributed by atoms with E-state index in [2.05, 4.69) is 40.7 Å². The van der Waals surface area contributed by atoms with Gasteiger partial charge in [-0.2, -0.15) is 6.07 Å². The molecule has 0 bridgehead atoms. The smallest absolute Gasteiger partial charge is 0.217 e. The van der Waals surface area contributed by atoms with Crippen LogP contribution in [-0.4, -0.2) is 19.6 Å². The fourth-order valence-corrected chi connectivity index (χ4v) is 4.38. The molecule has 3 heterocycles. The van der Waals surface area contributed by atoms with Gasteiger partial charge in [0.1, 0.15) is 17.1 Å². The molecule has 0 fully saturated rings. The van der Waals surface area contributed by atoms with Crippen molar-refractivity contribution in [2.45, 2.75) is 13.8 Å². The van der Waals surface area contributed by atoms with Crippen molar-refractivity contribution in [2.24, 2.45) is 0 Å². The van der Waals surface area contributed by atoms with Crippen molar-refractivity contribution < 1.29 is 30.9 Å². The molecule has 0 atom stereocenters. The maximum atomic E-state index is 10.2. The largest absolute Gasteiger partial charge is 0.506 e. The van der Waals surface area contributed by atoms with Gasteiger partial charge in [0, 0.05) is 50.0 Å². The summed E-state index contributed by atoms with van der Waals surface area (Å²) < 4.78 is 8.21. The summed E-state index contributed by atoms with van der Waals surface area (Å²) in [6.07, 6.45) is 1.88. The molecule has 5 nitrogen and oxygen atoms in total. The first-order valence-electron chi connectivity index (χ1n) is 10.7. The van der Waals surface area contributed by atoms with E-state index >= 15 is 0 Å². The summed E-state index contributed by atoms with van der Waals surface area (Å²) in [5, 5.41) is 13.2. The van der Waals surface area contributed by atoms with Crippen LogP contribution in [0.2, 0.25) is 0 Å². The molecule has 3 aromatic carbocycles. The predicted molar refractivity (Wildman–Crippen MR) is 130 cm³/mol. The van der Waals surface area contributed by atoms with Crippen LogP contribution in [-0.2, 0) is 21.1 Å². The number of aromatic nitrogens is 3. The maximum absolute atomic E-state index is 10.2. The Kier molecular flexibility index (Phi) is 5.58. The molecule has 6 rings (SSSR count). The zero-order valence-corrected chi connectivity index (χ0v) is 20.8. The van der Waals surface area contributed by atoms with Crippen LogP contribution in [0.5, 0.6) is 17.4 Å². The summed E-state index contributed by atoms with van der Waals surface area (Å²) in [4.78, 5) is 9.23. The van der Waals surface area contributed by atoms with E-state index in [0.717, 1.165) is 44.1 Å². The van der Waals surface area contributed by atoms with E-state index in [1.165, 1.54) is 0 Å². The van der Waals surface area contributed by atoms with Gasteiger partial charge in [-0.3, -0.25) is 0 Å². The fourth-order valence-electron chi connectivity index (χ4n) is 4.38. The van der Waals surface area contributed by atoms with Crippen molar-refractivity contribution in [3.8, 4) is 23.2 Å². The third-order valence-corrected chi connectivity index (χ3v) is 5.84. The molecule has 1 N–H and O–H groups in total. The monoisotopic (exact) mass is 625 g/mol. The molecule has 0 spiro atoms. The molecule has 6 heteroatoms. The number of hydrogen-bond donors (Lipinski definition) is 1. The Morgan fingerprint density at radius 1 is 0.912 bits per heavy atom. The molecule has 0 saturated carbocycles. The molecule has 0 aliphatic rings. The number of ether oxygens (including phenoxy) is 1. The van der Waals surface area contributed by atoms with E-state index in [4.69, 9.17) is 9.72 Å². The van der Waals surface area contributed by atoms with Gasteiger partial charge >= 0.3 is 0 Å². The van der Waals surface area contributed by atoms with Crippen LogP contribution >= 0.6 is 0 Å². The van der Waals surface area contributed by atoms with Crippen LogP contribution in [0.15, 0.2) is 79.0 Å². The van der Waals surface area contributed by atoms with Crippen LogP contribution in [0.25, 0.3) is 38.5 Å². The summed E-state index contributed by atoms with van der Waals surface area (Å²) in [6, 6.07) is 26.8. The number of aryl methyl sites for hydroxylation is 2. The van der Waals surface area contributed by atoms with Crippen molar-refractivity contribution in [1.82, 2.24) is 14.5 Å². The van der Waals surface area contributed by atoms with Crippen molar-refractivity contribution in [2.75, 3.05) is 0 Å². The molecule has 0 unspecified atom stereocenters. The summed E-state index contributed by atoms with van der Waals surface area (Å²) in [6.45, 7) is 4.11. The van der Waals surface area contributed by atoms with Crippen LogP contribution in [0.4, 0.5) is 0 Å². The molecule has 0 aliphatic carbocycles. The van der Waals surface area contributed by atoms with Gasteiger partial charge in [-0.25, -0.2) is 9.97 Å². The van der Waals surface area contributed by atoms with Crippen LogP contribution in [0, 0.1) is 19.9 Å². The molecule has 0 radical (unpaired) electrons. The molecule has 3 aromatic heterocycles. The Balaban J connectivity index is 0.00000241. The number of fused-ring (bicyclic) bond motifs is 4. The third kappa shape index (κ3) is 3.63. The number of rotatable bonds is 3. The maximum Gasteiger partial charge on any atom is 0.217 e. The quantitative estimate of drug-likeness (QED) is 0.224. The number of nitrogens with zero attached hydrogens (tertiary/aromatic N) is 3. The Morgan fingerprint density at radius 2 is 1.76 bits per heavy atom. The van der Waals surface area contributed by atoms with Gasteiger partial charge < -0.3 is 14.4 Å². The van der Waals surface area contributed by atoms with Crippen molar-refractivity contribution >= 4 is 32.7 Å². The van der Waals surface area contributed by atoms with Crippen LogP contribution in [0.1, 0.15) is 11.1 Å². The van der Waals surface area contributed by atoms with Crippen molar-refractivity contribution in [3.05, 3.63) is 96.2 Å². The average molecular weight is 626 g/mol. The first-order valence-corrected chi connectivity index (χ1v) is 10.7. The van der Waals surface area contributed by atoms with Gasteiger partial charge in [0.2, 0.25) is 5.88 Å². The summed E-state index contributed by atoms with van der Waals surface area (Å²) in [7, 11) is 0. The van der Waals surface area contributed by atoms with Gasteiger partial charge in [0.25, 0.3) is 0 Å². The molecule has 0 amide bonds. The summed E-state index contributed by atoms with van der Waals surface area (Å²) in [5.41, 5.74) is 4.66. The first kappa shape index (κ1) is 22.1. The number of phenols is 1. The number of phenolic OH excluding ortho intramolecular Hbond substituents is 1. The minimum atomic E-state index is 0. The summed E-state index contributed by atoms with van der Waals surface area (Å²) >= 11 is 0. The number of para-hydroxylation sites is 2. The Hall–Kier alpha value is -3.69. The second kappa shape index (κ2) is 8.58. The van der Waals surface area contributed by atoms with Crippen LogP contribution < -0.4 is 4.74 Å². The zero-order chi connectivity index (χ0) is 22.5. The van der Waals surface area contributed by atoms with Gasteiger partial charge in [-0.05, 0) is 48.6 Å². The number of pyridine rings is 2. The van der Waals surface area contributed by atoms with E-state index in [1.807, 2.05) is 49.5 Å². The van der Waals surface area contributed by atoms with Gasteiger partial charge in [0.15, 0.2) is 0 Å². The van der Waals surface area contributed by atoms with Crippen LogP contribution in [0.3, 0.4) is 0 Å². The van der Waals surface area contributed by atoms with Gasteiger partial charge in [0.05, 0.1) is 0 Å². The second-order valence-electron chi connectivity index (χ2n) is 8.19. The Morgan fingerprint density at radius 3 is 2.62 bits per heavy atom. The standard InChI is InChI=1S/C28H20N3O2.Pt/c1-17-14-18(2)28(29-16-17)31-23-8-4-3-7-21(23)22-12-11-20(15-24(22)31)33-26-13-10-19-6-5-9-25(32)27(19)30-26;/h3-14,16,32H,1-2H3;/q-1;. The molecule has 0 saturated heterocycles. The SMILES string of the molecule is Cc1cnc(-n2c3[c-]c(Oc4ccc5cccc(O)c5n4)ccc3c3ccccc32)c(C)c1.[Pt]. The van der Waals surface area contributed by atoms with E-state index in [0.29, 0.717) is 17.1 Å². The molecular weight excluding hydrogens is 605 g/mol. The number of aromatic hydroxyl groups is 1. The number of benzene rings is 3. The zero-order valence-electron chi connectivity index (χ0n) is 18.5. The number of hydrogen-bond acceptors (Lipinski definition) is 4. The van der Waals surface area contributed by atoms with E-state index in [9.17, 15) is 5.11 Å². The molecule has 170 valence electrons. The van der Waals surface area contributed by atoms with E-state index in [1.54, 1.807) is 18.2 Å². The van der Waals surface area contributed by atoms with E-state index < -0.39 is 0 Å². The second-order valence-corrected chi connectivity index (χ2v) is 8.19. The van der Waals surface area contributed by atoms with Gasteiger partial charge in [-0.15, -0.1) is 17.5 Å². The molecule has 0 aliphatic heterocycles. The minimum absolute atomic E-state index is 0. The first-order chi connectivity index (χ1) is 16.1. The van der Waals surface area contributed by atoms with Crippen molar-refractivity contribution in [1.29, 1.82) is 0 Å². The fraction of sp³-hybridized carbons (Fsp3) is 0.0714. The third-order valence-electron chi connectivity index (χ3n) is 5.84. The van der Waals surface area contributed by atoms with Gasteiger partial charge in [-0.1, -0.05) is 41.9 Å². The predicted octanol–water partition coefficient (Wildman–Crippen LogP) is 6.64. The molecule has 34 heavy (non-hydrogen) atoms. The topological polar surface area (TPSA) is 60.2 Å². The average Bonchev–Trinajstić information content (AvgIpc) is 3.13. The Bertz CT molecular complexity index is 1690. The Labute approximate surface area is 210 Å². The molecule has 6 aromatic rings. The summed E-state index contributed by atoms with van der Waals surface area (Å²) in [5.74, 6) is 1.93. The molecular formula is C28H20N3O2Pt-. The minimum Gasteiger partial charge on any atom is -0.506 e.